The van der Waals surface area contributed by atoms with E-state index in [-0.39, 0.29) is 11.7 Å². The third-order valence-corrected chi connectivity index (χ3v) is 5.12. The number of fused-ring (bicyclic) bond motifs is 1. The van der Waals surface area contributed by atoms with Gasteiger partial charge in [-0.2, -0.15) is 0 Å². The van der Waals surface area contributed by atoms with Gasteiger partial charge in [0.1, 0.15) is 5.82 Å². The van der Waals surface area contributed by atoms with Crippen molar-refractivity contribution in [2.75, 3.05) is 0 Å². The second-order valence-electron chi connectivity index (χ2n) is 6.92. The van der Waals surface area contributed by atoms with Gasteiger partial charge in [0, 0.05) is 22.7 Å². The number of carbonyl (C=O) groups excluding carboxylic acids is 1. The molecule has 1 atom stereocenters. The molecule has 0 aliphatic carbocycles. The zero-order valence-corrected chi connectivity index (χ0v) is 16.5. The lowest BCUT2D eigenvalue weighted by Crippen LogP contribution is -2.27. The fourth-order valence-corrected chi connectivity index (χ4v) is 3.43. The predicted molar refractivity (Wildman–Crippen MR) is 113 cm³/mol. The fourth-order valence-electron chi connectivity index (χ4n) is 3.30. The van der Waals surface area contributed by atoms with E-state index in [1.807, 2.05) is 34.9 Å². The van der Waals surface area contributed by atoms with Crippen LogP contribution in [-0.2, 0) is 6.54 Å². The van der Waals surface area contributed by atoms with Gasteiger partial charge in [0.25, 0.3) is 5.91 Å². The summed E-state index contributed by atoms with van der Waals surface area (Å²) in [6.07, 6.45) is 1.75. The van der Waals surface area contributed by atoms with Crippen molar-refractivity contribution >= 4 is 28.5 Å². The van der Waals surface area contributed by atoms with Crippen LogP contribution in [0.2, 0.25) is 5.02 Å². The Kier molecular flexibility index (Phi) is 5.32. The van der Waals surface area contributed by atoms with Crippen LogP contribution in [0.25, 0.3) is 11.0 Å². The first-order chi connectivity index (χ1) is 14.0. The minimum absolute atomic E-state index is 0.269. The van der Waals surface area contributed by atoms with E-state index in [1.54, 1.807) is 43.6 Å². The molecule has 1 amide bonds. The van der Waals surface area contributed by atoms with Crippen LogP contribution in [0.4, 0.5) is 4.39 Å². The van der Waals surface area contributed by atoms with Crippen LogP contribution in [-0.4, -0.2) is 15.5 Å². The molecular formula is C23H19ClFN3O. The van der Waals surface area contributed by atoms with E-state index in [9.17, 15) is 9.18 Å². The van der Waals surface area contributed by atoms with Gasteiger partial charge in [-0.3, -0.25) is 4.79 Å². The molecule has 0 aliphatic heterocycles. The van der Waals surface area contributed by atoms with Gasteiger partial charge in [0.2, 0.25) is 0 Å². The molecule has 0 unspecified atom stereocenters. The molecule has 4 rings (SSSR count). The van der Waals surface area contributed by atoms with Crippen LogP contribution in [0.5, 0.6) is 0 Å². The van der Waals surface area contributed by atoms with Crippen molar-refractivity contribution in [3.8, 4) is 0 Å². The number of hydrogen-bond donors (Lipinski definition) is 1. The Morgan fingerprint density at radius 1 is 1.14 bits per heavy atom. The second kappa shape index (κ2) is 8.05. The highest BCUT2D eigenvalue weighted by molar-refractivity contribution is 6.30. The average Bonchev–Trinajstić information content (AvgIpc) is 3.12. The van der Waals surface area contributed by atoms with Crippen molar-refractivity contribution in [3.05, 3.63) is 101 Å². The lowest BCUT2D eigenvalue weighted by atomic mass is 10.1. The molecule has 0 radical (unpaired) electrons. The van der Waals surface area contributed by atoms with E-state index in [0.29, 0.717) is 22.7 Å². The summed E-state index contributed by atoms with van der Waals surface area (Å²) in [5.74, 6) is -0.605. The summed E-state index contributed by atoms with van der Waals surface area (Å²) in [5.41, 5.74) is 3.70. The Labute approximate surface area is 173 Å². The van der Waals surface area contributed by atoms with Crippen molar-refractivity contribution in [2.24, 2.45) is 0 Å². The van der Waals surface area contributed by atoms with Crippen LogP contribution in [0.3, 0.4) is 0 Å². The van der Waals surface area contributed by atoms with Gasteiger partial charge < -0.3 is 9.88 Å². The van der Waals surface area contributed by atoms with Crippen molar-refractivity contribution in [1.29, 1.82) is 0 Å². The van der Waals surface area contributed by atoms with E-state index in [2.05, 4.69) is 10.3 Å². The smallest absolute Gasteiger partial charge is 0.251 e. The second-order valence-corrected chi connectivity index (χ2v) is 7.36. The van der Waals surface area contributed by atoms with E-state index >= 15 is 0 Å². The fraction of sp³-hybridized carbons (Fsp3) is 0.130. The molecule has 0 spiro atoms. The molecule has 4 aromatic rings. The van der Waals surface area contributed by atoms with Crippen molar-refractivity contribution in [1.82, 2.24) is 14.9 Å². The number of carbonyl (C=O) groups is 1. The van der Waals surface area contributed by atoms with Crippen molar-refractivity contribution in [3.63, 3.8) is 0 Å². The number of amides is 1. The zero-order chi connectivity index (χ0) is 20.4. The minimum atomic E-state index is -0.443. The van der Waals surface area contributed by atoms with Crippen molar-refractivity contribution < 1.29 is 9.18 Å². The van der Waals surface area contributed by atoms with Gasteiger partial charge in [-0.15, -0.1) is 0 Å². The van der Waals surface area contributed by atoms with Crippen LogP contribution in [0.1, 0.15) is 34.5 Å². The molecule has 3 aromatic carbocycles. The highest BCUT2D eigenvalue weighted by Gasteiger charge is 2.15. The number of aromatic nitrogens is 2. The van der Waals surface area contributed by atoms with Crippen LogP contribution in [0, 0.1) is 5.82 Å². The maximum atomic E-state index is 13.9. The molecule has 1 aromatic heterocycles. The molecule has 1 heterocycles. The van der Waals surface area contributed by atoms with E-state index in [4.69, 9.17) is 11.6 Å². The van der Waals surface area contributed by atoms with E-state index < -0.39 is 6.04 Å². The topological polar surface area (TPSA) is 46.9 Å². The molecule has 0 bridgehead atoms. The first-order valence-electron chi connectivity index (χ1n) is 9.26. The van der Waals surface area contributed by atoms with Crippen molar-refractivity contribution in [2.45, 2.75) is 19.5 Å². The molecule has 0 aliphatic rings. The average molecular weight is 408 g/mol. The first kappa shape index (κ1) is 19.2. The Hall–Kier alpha value is -3.18. The van der Waals surface area contributed by atoms with Gasteiger partial charge >= 0.3 is 0 Å². The van der Waals surface area contributed by atoms with Gasteiger partial charge in [0.15, 0.2) is 0 Å². The molecule has 4 nitrogen and oxygen atoms in total. The van der Waals surface area contributed by atoms with Crippen LogP contribution in [0.15, 0.2) is 73.1 Å². The van der Waals surface area contributed by atoms with Gasteiger partial charge in [-0.05, 0) is 48.9 Å². The number of rotatable bonds is 5. The SMILES string of the molecule is C[C@@H](NC(=O)c1ccc2c(c1)ncn2Cc1ccc(Cl)cc1)c1ccccc1F. The molecule has 146 valence electrons. The van der Waals surface area contributed by atoms with Gasteiger partial charge in [-0.25, -0.2) is 9.37 Å². The van der Waals surface area contributed by atoms with Crippen LogP contribution < -0.4 is 5.32 Å². The molecule has 29 heavy (non-hydrogen) atoms. The molecule has 6 heteroatoms. The third-order valence-electron chi connectivity index (χ3n) is 4.87. The Morgan fingerprint density at radius 3 is 2.66 bits per heavy atom. The number of halogens is 2. The summed E-state index contributed by atoms with van der Waals surface area (Å²) < 4.78 is 15.9. The predicted octanol–water partition coefficient (Wildman–Crippen LogP) is 5.37. The zero-order valence-electron chi connectivity index (χ0n) is 15.8. The summed E-state index contributed by atoms with van der Waals surface area (Å²) in [6.45, 7) is 2.42. The maximum absolute atomic E-state index is 13.9. The number of nitrogens with one attached hydrogen (secondary N) is 1. The summed E-state index contributed by atoms with van der Waals surface area (Å²) in [4.78, 5) is 17.1. The highest BCUT2D eigenvalue weighted by Crippen LogP contribution is 2.20. The van der Waals surface area contributed by atoms with E-state index in [1.165, 1.54) is 6.07 Å². The quantitative estimate of drug-likeness (QED) is 0.483. The van der Waals surface area contributed by atoms with Gasteiger partial charge in [-0.1, -0.05) is 41.9 Å². The largest absolute Gasteiger partial charge is 0.345 e. The Balaban J connectivity index is 1.52. The number of imidazole rings is 1. The van der Waals surface area contributed by atoms with Crippen LogP contribution >= 0.6 is 11.6 Å². The lowest BCUT2D eigenvalue weighted by Gasteiger charge is -2.15. The van der Waals surface area contributed by atoms with Gasteiger partial charge in [0.05, 0.1) is 23.4 Å². The molecule has 0 saturated carbocycles. The molecular weight excluding hydrogens is 389 g/mol. The number of nitrogens with zero attached hydrogens (tertiary/aromatic N) is 2. The summed E-state index contributed by atoms with van der Waals surface area (Å²) >= 11 is 5.94. The first-order valence-corrected chi connectivity index (χ1v) is 9.63. The summed E-state index contributed by atoms with van der Waals surface area (Å²) in [7, 11) is 0. The minimum Gasteiger partial charge on any atom is -0.345 e. The Morgan fingerprint density at radius 2 is 1.90 bits per heavy atom. The molecule has 0 saturated heterocycles. The summed E-state index contributed by atoms with van der Waals surface area (Å²) in [5, 5.41) is 3.54. The van der Waals surface area contributed by atoms with E-state index in [0.717, 1.165) is 16.6 Å². The third kappa shape index (κ3) is 4.15. The number of hydrogen-bond acceptors (Lipinski definition) is 2. The Bertz CT molecular complexity index is 1170. The monoisotopic (exact) mass is 407 g/mol. The standard InChI is InChI=1S/C23H19ClFN3O/c1-15(19-4-2-3-5-20(19)25)27-23(29)17-8-11-22-21(12-17)26-14-28(22)13-16-6-9-18(24)10-7-16/h2-12,14-15H,13H2,1H3,(H,27,29)/t15-/m1/s1. The lowest BCUT2D eigenvalue weighted by molar-refractivity contribution is 0.0939. The maximum Gasteiger partial charge on any atom is 0.251 e. The molecule has 1 N–H and O–H groups in total. The highest BCUT2D eigenvalue weighted by atomic mass is 35.5. The normalized spacial score (nSPS) is 12.1. The summed E-state index contributed by atoms with van der Waals surface area (Å²) in [6, 6.07) is 19.0. The molecule has 0 fully saturated rings. The number of benzene rings is 3.